The van der Waals surface area contributed by atoms with Crippen molar-refractivity contribution < 1.29 is 17.6 Å². The number of rotatable bonds is 3. The van der Waals surface area contributed by atoms with E-state index in [4.69, 9.17) is 0 Å². The summed E-state index contributed by atoms with van der Waals surface area (Å²) in [6, 6.07) is 3.76. The molecule has 0 radical (unpaired) electrons. The van der Waals surface area contributed by atoms with Gasteiger partial charge in [0.15, 0.2) is 0 Å². The van der Waals surface area contributed by atoms with Crippen molar-refractivity contribution in [2.24, 2.45) is 0 Å². The standard InChI is InChI=1S/C16H22FN3O3S/c1-12-9-14(4-5-15(12)17)24(22,23)19-7-2-3-13(11-19)20-8-6-18-10-16(20)21/h4-5,9,13,18H,2-3,6-8,10-11H2,1H3. The molecule has 8 heteroatoms. The van der Waals surface area contributed by atoms with Gasteiger partial charge in [-0.05, 0) is 43.5 Å². The third kappa shape index (κ3) is 3.31. The van der Waals surface area contributed by atoms with Crippen molar-refractivity contribution in [3.63, 3.8) is 0 Å². The van der Waals surface area contributed by atoms with Crippen molar-refractivity contribution in [3.8, 4) is 0 Å². The molecule has 1 N–H and O–H groups in total. The molecule has 1 aromatic carbocycles. The van der Waals surface area contributed by atoms with Crippen LogP contribution >= 0.6 is 0 Å². The molecule has 0 aliphatic carbocycles. The number of aryl methyl sites for hydroxylation is 1. The lowest BCUT2D eigenvalue weighted by molar-refractivity contribution is -0.135. The van der Waals surface area contributed by atoms with Gasteiger partial charge >= 0.3 is 0 Å². The van der Waals surface area contributed by atoms with Gasteiger partial charge in [-0.15, -0.1) is 0 Å². The Hall–Kier alpha value is -1.51. The number of halogens is 1. The monoisotopic (exact) mass is 355 g/mol. The number of benzene rings is 1. The third-order valence-electron chi connectivity index (χ3n) is 4.69. The molecule has 24 heavy (non-hydrogen) atoms. The van der Waals surface area contributed by atoms with Gasteiger partial charge in [-0.25, -0.2) is 12.8 Å². The average molecular weight is 355 g/mol. The van der Waals surface area contributed by atoms with E-state index < -0.39 is 15.8 Å². The van der Waals surface area contributed by atoms with E-state index >= 15 is 0 Å². The number of carbonyl (C=O) groups is 1. The van der Waals surface area contributed by atoms with Gasteiger partial charge < -0.3 is 10.2 Å². The molecule has 0 saturated carbocycles. The first-order valence-corrected chi connectivity index (χ1v) is 9.60. The van der Waals surface area contributed by atoms with Crippen LogP contribution in [0.5, 0.6) is 0 Å². The molecule has 1 atom stereocenters. The quantitative estimate of drug-likeness (QED) is 0.867. The zero-order chi connectivity index (χ0) is 17.3. The fourth-order valence-corrected chi connectivity index (χ4v) is 4.93. The maximum Gasteiger partial charge on any atom is 0.243 e. The van der Waals surface area contributed by atoms with Crippen molar-refractivity contribution in [2.45, 2.75) is 30.7 Å². The minimum absolute atomic E-state index is 0.0168. The highest BCUT2D eigenvalue weighted by atomic mass is 32.2. The van der Waals surface area contributed by atoms with Crippen LogP contribution in [0.3, 0.4) is 0 Å². The molecule has 0 aromatic heterocycles. The van der Waals surface area contributed by atoms with Gasteiger partial charge in [0.05, 0.1) is 11.4 Å². The van der Waals surface area contributed by atoms with Crippen LogP contribution in [0, 0.1) is 12.7 Å². The summed E-state index contributed by atoms with van der Waals surface area (Å²) in [6.45, 7) is 3.91. The average Bonchev–Trinajstić information content (AvgIpc) is 2.58. The fraction of sp³-hybridized carbons (Fsp3) is 0.562. The van der Waals surface area contributed by atoms with Crippen molar-refractivity contribution in [1.82, 2.24) is 14.5 Å². The minimum Gasteiger partial charge on any atom is -0.336 e. The molecule has 0 spiro atoms. The van der Waals surface area contributed by atoms with Crippen LogP contribution in [0.4, 0.5) is 4.39 Å². The van der Waals surface area contributed by atoms with E-state index in [-0.39, 0.29) is 16.8 Å². The number of nitrogens with zero attached hydrogens (tertiary/aromatic N) is 2. The molecule has 2 aliphatic rings. The Labute approximate surface area is 141 Å². The Kier molecular flexibility index (Phi) is 4.89. The number of sulfonamides is 1. The predicted molar refractivity (Wildman–Crippen MR) is 87.5 cm³/mol. The van der Waals surface area contributed by atoms with Gasteiger partial charge in [-0.2, -0.15) is 4.31 Å². The lowest BCUT2D eigenvalue weighted by Gasteiger charge is -2.40. The summed E-state index contributed by atoms with van der Waals surface area (Å²) in [4.78, 5) is 13.9. The van der Waals surface area contributed by atoms with Crippen LogP contribution in [0.25, 0.3) is 0 Å². The van der Waals surface area contributed by atoms with Gasteiger partial charge in [0.25, 0.3) is 0 Å². The van der Waals surface area contributed by atoms with E-state index in [1.165, 1.54) is 22.5 Å². The van der Waals surface area contributed by atoms with Gasteiger partial charge in [-0.3, -0.25) is 4.79 Å². The van der Waals surface area contributed by atoms with Crippen molar-refractivity contribution in [3.05, 3.63) is 29.6 Å². The summed E-state index contributed by atoms with van der Waals surface area (Å²) in [5, 5.41) is 3.02. The molecule has 1 amide bonds. The normalized spacial score (nSPS) is 23.5. The smallest absolute Gasteiger partial charge is 0.243 e. The van der Waals surface area contributed by atoms with E-state index in [1.807, 2.05) is 0 Å². The lowest BCUT2D eigenvalue weighted by atomic mass is 10.1. The van der Waals surface area contributed by atoms with Gasteiger partial charge in [0.1, 0.15) is 5.82 Å². The number of piperidine rings is 1. The summed E-state index contributed by atoms with van der Waals surface area (Å²) >= 11 is 0. The summed E-state index contributed by atoms with van der Waals surface area (Å²) in [6.07, 6.45) is 1.52. The lowest BCUT2D eigenvalue weighted by Crippen LogP contribution is -2.57. The molecule has 2 heterocycles. The second-order valence-electron chi connectivity index (χ2n) is 6.33. The van der Waals surface area contributed by atoms with E-state index in [1.54, 1.807) is 11.8 Å². The Morgan fingerprint density at radius 3 is 2.79 bits per heavy atom. The number of carbonyl (C=O) groups excluding carboxylic acids is 1. The highest BCUT2D eigenvalue weighted by molar-refractivity contribution is 7.89. The molecular formula is C16H22FN3O3S. The highest BCUT2D eigenvalue weighted by Crippen LogP contribution is 2.24. The molecule has 1 aromatic rings. The van der Waals surface area contributed by atoms with Crippen molar-refractivity contribution in [2.75, 3.05) is 32.7 Å². The van der Waals surface area contributed by atoms with E-state index in [0.29, 0.717) is 38.2 Å². The summed E-state index contributed by atoms with van der Waals surface area (Å²) in [5.74, 6) is -0.403. The maximum atomic E-state index is 13.4. The topological polar surface area (TPSA) is 69.7 Å². The van der Waals surface area contributed by atoms with E-state index in [0.717, 1.165) is 13.0 Å². The number of hydrogen-bond donors (Lipinski definition) is 1. The summed E-state index contributed by atoms with van der Waals surface area (Å²) in [5.41, 5.74) is 0.307. The minimum atomic E-state index is -3.68. The second kappa shape index (κ2) is 6.78. The molecule has 132 valence electrons. The summed E-state index contributed by atoms with van der Waals surface area (Å²) < 4.78 is 40.5. The van der Waals surface area contributed by atoms with Gasteiger partial charge in [0.2, 0.25) is 15.9 Å². The zero-order valence-electron chi connectivity index (χ0n) is 13.7. The van der Waals surface area contributed by atoms with Gasteiger partial charge in [0, 0.05) is 32.2 Å². The summed E-state index contributed by atoms with van der Waals surface area (Å²) in [7, 11) is -3.68. The van der Waals surface area contributed by atoms with Crippen LogP contribution in [0.1, 0.15) is 18.4 Å². The van der Waals surface area contributed by atoms with Crippen LogP contribution in [-0.4, -0.2) is 62.3 Å². The maximum absolute atomic E-state index is 13.4. The van der Waals surface area contributed by atoms with Crippen LogP contribution < -0.4 is 5.32 Å². The molecule has 2 aliphatic heterocycles. The van der Waals surface area contributed by atoms with Crippen LogP contribution in [0.2, 0.25) is 0 Å². The molecule has 2 saturated heterocycles. The van der Waals surface area contributed by atoms with E-state index in [9.17, 15) is 17.6 Å². The fourth-order valence-electron chi connectivity index (χ4n) is 3.33. The second-order valence-corrected chi connectivity index (χ2v) is 8.27. The predicted octanol–water partition coefficient (Wildman–Crippen LogP) is 0.719. The largest absolute Gasteiger partial charge is 0.336 e. The Morgan fingerprint density at radius 2 is 2.08 bits per heavy atom. The van der Waals surface area contributed by atoms with Crippen LogP contribution in [0.15, 0.2) is 23.1 Å². The molecule has 3 rings (SSSR count). The van der Waals surface area contributed by atoms with Gasteiger partial charge in [-0.1, -0.05) is 0 Å². The first kappa shape index (κ1) is 17.3. The molecule has 1 unspecified atom stereocenters. The highest BCUT2D eigenvalue weighted by Gasteiger charge is 2.35. The Morgan fingerprint density at radius 1 is 1.29 bits per heavy atom. The zero-order valence-corrected chi connectivity index (χ0v) is 14.5. The Balaban J connectivity index is 1.80. The number of nitrogens with one attached hydrogen (secondary N) is 1. The number of piperazine rings is 1. The molecular weight excluding hydrogens is 333 g/mol. The Bertz CT molecular complexity index is 738. The molecule has 2 fully saturated rings. The number of hydrogen-bond acceptors (Lipinski definition) is 4. The van der Waals surface area contributed by atoms with Crippen LogP contribution in [-0.2, 0) is 14.8 Å². The first-order valence-electron chi connectivity index (χ1n) is 8.16. The van der Waals surface area contributed by atoms with E-state index in [2.05, 4.69) is 5.32 Å². The van der Waals surface area contributed by atoms with Crippen molar-refractivity contribution in [1.29, 1.82) is 0 Å². The third-order valence-corrected chi connectivity index (χ3v) is 6.55. The molecule has 0 bridgehead atoms. The van der Waals surface area contributed by atoms with Crippen molar-refractivity contribution >= 4 is 15.9 Å². The first-order chi connectivity index (χ1) is 11.4. The number of amides is 1. The SMILES string of the molecule is Cc1cc(S(=O)(=O)N2CCCC(N3CCNCC3=O)C2)ccc1F. The molecule has 6 nitrogen and oxygen atoms in total.